The number of aryl methyl sites for hydroxylation is 1. The summed E-state index contributed by atoms with van der Waals surface area (Å²) in [6, 6.07) is 1.77. The fourth-order valence-corrected chi connectivity index (χ4v) is 0.980. The Labute approximate surface area is 96.4 Å². The van der Waals surface area contributed by atoms with Crippen molar-refractivity contribution < 1.29 is 14.3 Å². The predicted octanol–water partition coefficient (Wildman–Crippen LogP) is 1.51. The second-order valence-electron chi connectivity index (χ2n) is 3.03. The summed E-state index contributed by atoms with van der Waals surface area (Å²) in [5.41, 5.74) is 1.47. The molecular weight excluding hydrogens is 208 g/mol. The van der Waals surface area contributed by atoms with E-state index in [0.717, 1.165) is 25.0 Å². The van der Waals surface area contributed by atoms with Crippen molar-refractivity contribution in [3.05, 3.63) is 17.5 Å². The molecule has 0 amide bonds. The summed E-state index contributed by atoms with van der Waals surface area (Å²) in [4.78, 5) is 10.5. The van der Waals surface area contributed by atoms with Crippen LogP contribution in [0.1, 0.15) is 30.0 Å². The monoisotopic (exact) mass is 228 g/mol. The van der Waals surface area contributed by atoms with E-state index in [4.69, 9.17) is 4.74 Å². The van der Waals surface area contributed by atoms with Crippen LogP contribution in [0.15, 0.2) is 6.07 Å². The molecule has 1 aromatic rings. The van der Waals surface area contributed by atoms with Gasteiger partial charge >= 0.3 is 0 Å². The van der Waals surface area contributed by atoms with Crippen LogP contribution in [-0.4, -0.2) is 36.9 Å². The molecule has 0 saturated heterocycles. The van der Waals surface area contributed by atoms with E-state index in [1.165, 1.54) is 0 Å². The van der Waals surface area contributed by atoms with Crippen LogP contribution in [0, 0.1) is 0 Å². The first-order valence-electron chi connectivity index (χ1n) is 5.23. The van der Waals surface area contributed by atoms with Crippen molar-refractivity contribution >= 4 is 6.29 Å². The first-order chi connectivity index (χ1) is 7.73. The third kappa shape index (κ3) is 5.04. The minimum Gasteiger partial charge on any atom is -0.385 e. The lowest BCUT2D eigenvalue weighted by Gasteiger charge is -1.99. The molecule has 5 heteroatoms. The van der Waals surface area contributed by atoms with E-state index in [0.29, 0.717) is 12.4 Å². The van der Waals surface area contributed by atoms with Crippen LogP contribution in [0.2, 0.25) is 0 Å². The van der Waals surface area contributed by atoms with E-state index in [1.54, 1.807) is 25.0 Å². The van der Waals surface area contributed by atoms with E-state index in [9.17, 15) is 4.79 Å². The molecule has 1 heterocycles. The number of carbonyl (C=O) groups is 1. The lowest BCUT2D eigenvalue weighted by atomic mass is 10.3. The number of aromatic nitrogens is 2. The molecular formula is C11H20N2O3. The van der Waals surface area contributed by atoms with Crippen LogP contribution in [0.25, 0.3) is 0 Å². The highest BCUT2D eigenvalue weighted by Gasteiger charge is 2.04. The molecule has 0 atom stereocenters. The summed E-state index contributed by atoms with van der Waals surface area (Å²) < 4.78 is 11.0. The Bertz CT molecular complexity index is 295. The first kappa shape index (κ1) is 14.8. The number of methoxy groups -OCH3 is 2. The molecule has 5 nitrogen and oxygen atoms in total. The van der Waals surface area contributed by atoms with Crippen molar-refractivity contribution in [2.75, 3.05) is 20.8 Å². The van der Waals surface area contributed by atoms with Crippen LogP contribution in [0.5, 0.6) is 0 Å². The lowest BCUT2D eigenvalue weighted by molar-refractivity contribution is 0.104. The van der Waals surface area contributed by atoms with Gasteiger partial charge in [0.25, 0.3) is 0 Å². The SMILES string of the molecule is CCOC.CCc1cc(C=O)n(COC)n1. The van der Waals surface area contributed by atoms with Crippen LogP contribution < -0.4 is 0 Å². The van der Waals surface area contributed by atoms with Gasteiger partial charge in [-0.3, -0.25) is 4.79 Å². The molecule has 0 aromatic carbocycles. The summed E-state index contributed by atoms with van der Waals surface area (Å²) in [6.45, 7) is 5.10. The summed E-state index contributed by atoms with van der Waals surface area (Å²) in [5.74, 6) is 0. The van der Waals surface area contributed by atoms with E-state index in [1.807, 2.05) is 13.8 Å². The van der Waals surface area contributed by atoms with Gasteiger partial charge in [0.2, 0.25) is 0 Å². The van der Waals surface area contributed by atoms with Gasteiger partial charge in [0.1, 0.15) is 12.4 Å². The smallest absolute Gasteiger partial charge is 0.168 e. The molecule has 0 aliphatic carbocycles. The third-order valence-electron chi connectivity index (χ3n) is 1.88. The van der Waals surface area contributed by atoms with Crippen LogP contribution in [0.3, 0.4) is 0 Å². The highest BCUT2D eigenvalue weighted by Crippen LogP contribution is 2.02. The Kier molecular flexibility index (Phi) is 8.38. The van der Waals surface area contributed by atoms with E-state index < -0.39 is 0 Å². The molecule has 0 aliphatic rings. The maximum absolute atomic E-state index is 10.5. The zero-order valence-electron chi connectivity index (χ0n) is 10.4. The first-order valence-corrected chi connectivity index (χ1v) is 5.23. The minimum absolute atomic E-state index is 0.327. The average molecular weight is 228 g/mol. The molecule has 92 valence electrons. The van der Waals surface area contributed by atoms with Gasteiger partial charge in [-0.15, -0.1) is 0 Å². The van der Waals surface area contributed by atoms with E-state index in [2.05, 4.69) is 9.84 Å². The predicted molar refractivity (Wildman–Crippen MR) is 61.6 cm³/mol. The Balaban J connectivity index is 0.000000487. The Morgan fingerprint density at radius 1 is 1.38 bits per heavy atom. The van der Waals surface area contributed by atoms with Gasteiger partial charge in [0.05, 0.1) is 5.69 Å². The molecule has 0 radical (unpaired) electrons. The highest BCUT2D eigenvalue weighted by molar-refractivity contribution is 5.72. The van der Waals surface area contributed by atoms with Crippen molar-refractivity contribution in [1.82, 2.24) is 9.78 Å². The number of aldehydes is 1. The number of nitrogens with zero attached hydrogens (tertiary/aromatic N) is 2. The van der Waals surface area contributed by atoms with Gasteiger partial charge in [-0.25, -0.2) is 4.68 Å². The molecule has 1 aromatic heterocycles. The third-order valence-corrected chi connectivity index (χ3v) is 1.88. The molecule has 0 saturated carbocycles. The lowest BCUT2D eigenvalue weighted by Crippen LogP contribution is -2.05. The van der Waals surface area contributed by atoms with Crippen molar-refractivity contribution in [1.29, 1.82) is 0 Å². The number of carbonyl (C=O) groups excluding carboxylic acids is 1. The van der Waals surface area contributed by atoms with E-state index in [-0.39, 0.29) is 0 Å². The molecule has 0 fully saturated rings. The van der Waals surface area contributed by atoms with Crippen molar-refractivity contribution in [3.63, 3.8) is 0 Å². The molecule has 0 unspecified atom stereocenters. The normalized spacial score (nSPS) is 9.50. The number of ether oxygens (including phenoxy) is 2. The van der Waals surface area contributed by atoms with Crippen molar-refractivity contribution in [2.24, 2.45) is 0 Å². The minimum atomic E-state index is 0.327. The maximum Gasteiger partial charge on any atom is 0.168 e. The Morgan fingerprint density at radius 2 is 2.00 bits per heavy atom. The van der Waals surface area contributed by atoms with Crippen molar-refractivity contribution in [2.45, 2.75) is 27.0 Å². The molecule has 0 bridgehead atoms. The second kappa shape index (κ2) is 9.06. The summed E-state index contributed by atoms with van der Waals surface area (Å²) >= 11 is 0. The van der Waals surface area contributed by atoms with Gasteiger partial charge in [-0.05, 0) is 19.4 Å². The Morgan fingerprint density at radius 3 is 2.38 bits per heavy atom. The maximum atomic E-state index is 10.5. The van der Waals surface area contributed by atoms with Crippen LogP contribution in [-0.2, 0) is 22.6 Å². The molecule has 16 heavy (non-hydrogen) atoms. The number of hydrogen-bond acceptors (Lipinski definition) is 4. The molecule has 0 N–H and O–H groups in total. The summed E-state index contributed by atoms with van der Waals surface area (Å²) in [6.07, 6.45) is 1.61. The van der Waals surface area contributed by atoms with Crippen LogP contribution >= 0.6 is 0 Å². The molecule has 0 spiro atoms. The fourth-order valence-electron chi connectivity index (χ4n) is 0.980. The highest BCUT2D eigenvalue weighted by atomic mass is 16.5. The van der Waals surface area contributed by atoms with Gasteiger partial charge < -0.3 is 9.47 Å². The van der Waals surface area contributed by atoms with Gasteiger partial charge in [-0.2, -0.15) is 5.10 Å². The Hall–Kier alpha value is -1.20. The van der Waals surface area contributed by atoms with Gasteiger partial charge in [0.15, 0.2) is 6.29 Å². The molecule has 0 aliphatic heterocycles. The summed E-state index contributed by atoms with van der Waals surface area (Å²) in [5, 5.41) is 4.15. The quantitative estimate of drug-likeness (QED) is 0.717. The number of hydrogen-bond donors (Lipinski definition) is 0. The second-order valence-corrected chi connectivity index (χ2v) is 3.03. The zero-order chi connectivity index (χ0) is 12.4. The number of rotatable bonds is 5. The largest absolute Gasteiger partial charge is 0.385 e. The van der Waals surface area contributed by atoms with E-state index >= 15 is 0 Å². The standard InChI is InChI=1S/C8H12N2O2.C3H8O/c1-3-7-4-8(5-11)10(9-7)6-12-2;1-3-4-2/h4-5H,3,6H2,1-2H3;3H2,1-2H3. The van der Waals surface area contributed by atoms with Gasteiger partial charge in [0, 0.05) is 20.8 Å². The topological polar surface area (TPSA) is 53.4 Å². The van der Waals surface area contributed by atoms with Crippen LogP contribution in [0.4, 0.5) is 0 Å². The fraction of sp³-hybridized carbons (Fsp3) is 0.636. The zero-order valence-corrected chi connectivity index (χ0v) is 10.4. The van der Waals surface area contributed by atoms with Crippen molar-refractivity contribution in [3.8, 4) is 0 Å². The molecule has 1 rings (SSSR count). The summed E-state index contributed by atoms with van der Waals surface area (Å²) in [7, 11) is 3.25. The van der Waals surface area contributed by atoms with Gasteiger partial charge in [-0.1, -0.05) is 6.92 Å². The average Bonchev–Trinajstić information content (AvgIpc) is 2.72.